The molecule has 0 radical (unpaired) electrons. The van der Waals surface area contributed by atoms with Crippen molar-refractivity contribution in [3.63, 3.8) is 0 Å². The van der Waals surface area contributed by atoms with E-state index in [9.17, 15) is 28.8 Å². The number of hydrogen-bond donors (Lipinski definition) is 2. The van der Waals surface area contributed by atoms with Gasteiger partial charge >= 0.3 is 0 Å². The van der Waals surface area contributed by atoms with Crippen LogP contribution < -0.4 is 15.4 Å². The summed E-state index contributed by atoms with van der Waals surface area (Å²) in [6.07, 6.45) is 78.9. The highest BCUT2D eigenvalue weighted by Gasteiger charge is 2.39. The number of ether oxygens (including phenoxy) is 1. The van der Waals surface area contributed by atoms with Gasteiger partial charge in [0.15, 0.2) is 0 Å². The van der Waals surface area contributed by atoms with E-state index in [0.717, 1.165) is 98.7 Å². The second kappa shape index (κ2) is 56.2. The Bertz CT molecular complexity index is 2490. The lowest BCUT2D eigenvalue weighted by molar-refractivity contribution is -0.138. The first-order valence-electron chi connectivity index (χ1n) is 45.1. The van der Waals surface area contributed by atoms with Crippen molar-refractivity contribution in [3.8, 4) is 11.5 Å². The summed E-state index contributed by atoms with van der Waals surface area (Å²) in [7, 11) is 0. The molecule has 0 aromatic heterocycles. The predicted octanol–water partition coefficient (Wildman–Crippen LogP) is 25.7. The van der Waals surface area contributed by atoms with Crippen LogP contribution in [0.5, 0.6) is 11.5 Å². The largest absolute Gasteiger partial charge is 0.457 e. The van der Waals surface area contributed by atoms with Crippen LogP contribution in [0, 0.1) is 47.3 Å². The Balaban J connectivity index is 0.841. The van der Waals surface area contributed by atoms with Gasteiger partial charge in [0.1, 0.15) is 11.5 Å². The number of imide groups is 2. The maximum absolute atomic E-state index is 13.2. The molecule has 2 saturated carbocycles. The molecule has 592 valence electrons. The van der Waals surface area contributed by atoms with Crippen LogP contribution in [0.15, 0.2) is 72.8 Å². The Morgan fingerprint density at radius 2 is 0.514 bits per heavy atom. The minimum atomic E-state index is -0.157. The van der Waals surface area contributed by atoms with E-state index in [0.29, 0.717) is 48.8 Å². The van der Waals surface area contributed by atoms with Gasteiger partial charge in [0.2, 0.25) is 0 Å². The average molecular weight is 1450 g/mol. The Labute approximate surface area is 642 Å². The zero-order chi connectivity index (χ0) is 74.6. The minimum Gasteiger partial charge on any atom is -0.457 e. The van der Waals surface area contributed by atoms with Crippen molar-refractivity contribution in [1.82, 2.24) is 20.4 Å². The molecule has 0 bridgehead atoms. The first-order chi connectivity index (χ1) is 51.5. The van der Waals surface area contributed by atoms with Gasteiger partial charge in [0, 0.05) is 61.6 Å². The van der Waals surface area contributed by atoms with Crippen LogP contribution in [0.1, 0.15) is 408 Å². The highest BCUT2D eigenvalue weighted by molar-refractivity contribution is 6.13. The molecule has 8 atom stereocenters. The molecule has 4 aliphatic rings. The zero-order valence-corrected chi connectivity index (χ0v) is 67.7. The summed E-state index contributed by atoms with van der Waals surface area (Å²) in [6.45, 7) is 11.8. The van der Waals surface area contributed by atoms with Gasteiger partial charge < -0.3 is 15.4 Å². The highest BCUT2D eigenvalue weighted by Crippen LogP contribution is 2.50. The fraction of sp³-hybridized carbons (Fsp3) is 0.766. The monoisotopic (exact) mass is 1450 g/mol. The highest BCUT2D eigenvalue weighted by atomic mass is 16.5. The van der Waals surface area contributed by atoms with E-state index in [1.807, 2.05) is 48.5 Å². The van der Waals surface area contributed by atoms with E-state index in [1.165, 1.54) is 342 Å². The Hall–Kier alpha value is -5.06. The van der Waals surface area contributed by atoms with Gasteiger partial charge in [0.05, 0.1) is 0 Å². The first-order valence-corrected chi connectivity index (χ1v) is 45.1. The number of unbranched alkanes of at least 4 members (excludes halogenated alkanes) is 36. The van der Waals surface area contributed by atoms with Crippen molar-refractivity contribution in [3.05, 3.63) is 84.0 Å². The van der Waals surface area contributed by atoms with Gasteiger partial charge in [-0.1, -0.05) is 310 Å². The lowest BCUT2D eigenvalue weighted by atomic mass is 9.61. The summed E-state index contributed by atoms with van der Waals surface area (Å²) >= 11 is 0. The zero-order valence-electron chi connectivity index (χ0n) is 67.7. The standard InChI is InChI=1S/C94H154N4O7/c1-5-9-13-17-29-41-53-85-77(49-37-15-11-7-3)57-59-79(51-39-27-21-25-35-47-75-97-89(99)69-70-90(97)100)87(85)55-43-31-19-23-33-45-73-95-93(103)81-61-65-83(66-62-81)105-84-67-63-82(64-68-84)94(104)96-74-46-34-24-20-32-44-56-88-80(52-40-28-22-26-36-48-76-98-91(101)71-72-92(98)102)60-58-78(50-38-16-12-8-4)86(88)54-42-30-18-14-10-6-2/h61-72,77-80,85-88H,5-60,73-76H2,1-4H3,(H,95,103)(H,96,104). The quantitative estimate of drug-likeness (QED) is 0.0496. The predicted molar refractivity (Wildman–Crippen MR) is 439 cm³/mol. The molecule has 105 heavy (non-hydrogen) atoms. The molecule has 2 aliphatic heterocycles. The molecule has 6 rings (SSSR count). The van der Waals surface area contributed by atoms with E-state index in [-0.39, 0.29) is 35.4 Å². The molecule has 0 saturated heterocycles. The molecule has 2 N–H and O–H groups in total. The number of benzene rings is 2. The maximum atomic E-state index is 13.2. The number of carbonyl (C=O) groups is 6. The smallest absolute Gasteiger partial charge is 0.253 e. The van der Waals surface area contributed by atoms with Crippen LogP contribution >= 0.6 is 0 Å². The molecule has 2 aromatic rings. The third-order valence-corrected chi connectivity index (χ3v) is 25.2. The molecule has 8 unspecified atom stereocenters. The average Bonchev–Trinajstić information content (AvgIpc) is 1.77. The van der Waals surface area contributed by atoms with Crippen molar-refractivity contribution in [2.75, 3.05) is 26.2 Å². The number of carbonyl (C=O) groups excluding carboxylic acids is 6. The second-order valence-electron chi connectivity index (χ2n) is 33.3. The van der Waals surface area contributed by atoms with Crippen molar-refractivity contribution in [2.24, 2.45) is 47.3 Å². The lowest BCUT2D eigenvalue weighted by Gasteiger charge is -2.44. The van der Waals surface area contributed by atoms with Gasteiger partial charge in [-0.25, -0.2) is 0 Å². The summed E-state index contributed by atoms with van der Waals surface area (Å²) in [5, 5.41) is 6.33. The number of amides is 6. The van der Waals surface area contributed by atoms with Gasteiger partial charge in [0.25, 0.3) is 35.4 Å². The fourth-order valence-corrected chi connectivity index (χ4v) is 18.9. The van der Waals surface area contributed by atoms with Crippen LogP contribution in [0.2, 0.25) is 0 Å². The van der Waals surface area contributed by atoms with Crippen molar-refractivity contribution >= 4 is 35.4 Å². The molecule has 0 spiro atoms. The van der Waals surface area contributed by atoms with Crippen molar-refractivity contribution in [1.29, 1.82) is 0 Å². The van der Waals surface area contributed by atoms with Crippen LogP contribution in [-0.2, 0) is 19.2 Å². The molecule has 11 nitrogen and oxygen atoms in total. The van der Waals surface area contributed by atoms with Gasteiger partial charge in [-0.3, -0.25) is 38.6 Å². The van der Waals surface area contributed by atoms with Crippen LogP contribution in [0.25, 0.3) is 0 Å². The third kappa shape index (κ3) is 35.9. The summed E-state index contributed by atoms with van der Waals surface area (Å²) in [5.41, 5.74) is 1.25. The van der Waals surface area contributed by atoms with E-state index < -0.39 is 0 Å². The summed E-state index contributed by atoms with van der Waals surface area (Å²) in [4.78, 5) is 77.1. The summed E-state index contributed by atoms with van der Waals surface area (Å²) < 4.78 is 6.16. The van der Waals surface area contributed by atoms with E-state index in [1.54, 1.807) is 0 Å². The van der Waals surface area contributed by atoms with Gasteiger partial charge in [-0.2, -0.15) is 0 Å². The molecule has 2 fully saturated rings. The lowest BCUT2D eigenvalue weighted by Crippen LogP contribution is -2.35. The molecule has 2 aliphatic carbocycles. The van der Waals surface area contributed by atoms with Gasteiger partial charge in [-0.15, -0.1) is 0 Å². The Kier molecular flexibility index (Phi) is 47.6. The van der Waals surface area contributed by atoms with Crippen molar-refractivity contribution in [2.45, 2.75) is 387 Å². The topological polar surface area (TPSA) is 142 Å². The van der Waals surface area contributed by atoms with Crippen LogP contribution in [-0.4, -0.2) is 71.4 Å². The first kappa shape index (κ1) is 88.8. The van der Waals surface area contributed by atoms with E-state index >= 15 is 0 Å². The van der Waals surface area contributed by atoms with E-state index in [4.69, 9.17) is 4.74 Å². The summed E-state index contributed by atoms with van der Waals surface area (Å²) in [5.74, 6) is 7.65. The molecule has 11 heteroatoms. The fourth-order valence-electron chi connectivity index (χ4n) is 18.9. The third-order valence-electron chi connectivity index (χ3n) is 25.2. The number of hydrogen-bond acceptors (Lipinski definition) is 7. The molecule has 6 amide bonds. The van der Waals surface area contributed by atoms with Crippen LogP contribution in [0.4, 0.5) is 0 Å². The molecular formula is C94H154N4O7. The van der Waals surface area contributed by atoms with Crippen LogP contribution in [0.3, 0.4) is 0 Å². The normalized spacial score (nSPS) is 20.3. The second-order valence-corrected chi connectivity index (χ2v) is 33.3. The minimum absolute atomic E-state index is 0.0506. The SMILES string of the molecule is CCCCCCCCC1C(CCCCCC)CCC(CCCCCCCCN2C(=O)C=CC2=O)C1CCCCCCCCNC(=O)c1ccc(Oc2ccc(C(=O)NCCCCCCCCC3C(CCCCCCCCN4C(=O)C=CC4=O)CCC(CCCCCC)C3CCCCCCCC)cc2)cc1. The Morgan fingerprint density at radius 3 is 0.781 bits per heavy atom. The Morgan fingerprint density at radius 1 is 0.295 bits per heavy atom. The number of nitrogens with zero attached hydrogens (tertiary/aromatic N) is 2. The molecule has 2 heterocycles. The van der Waals surface area contributed by atoms with E-state index in [2.05, 4.69) is 38.3 Å². The molecular weight excluding hydrogens is 1300 g/mol. The van der Waals surface area contributed by atoms with Crippen molar-refractivity contribution < 1.29 is 33.5 Å². The molecule has 2 aromatic carbocycles. The number of nitrogens with one attached hydrogen (secondary N) is 2. The van der Waals surface area contributed by atoms with Gasteiger partial charge in [-0.05, 0) is 173 Å². The summed E-state index contributed by atoms with van der Waals surface area (Å²) in [6, 6.07) is 14.7. The maximum Gasteiger partial charge on any atom is 0.253 e. The number of rotatable bonds is 64.